The van der Waals surface area contributed by atoms with Gasteiger partial charge in [0.25, 0.3) is 0 Å². The van der Waals surface area contributed by atoms with Gasteiger partial charge in [-0.3, -0.25) is 14.4 Å². The third-order valence-electron chi connectivity index (χ3n) is 4.66. The van der Waals surface area contributed by atoms with Crippen LogP contribution in [0.1, 0.15) is 40.0 Å². The van der Waals surface area contributed by atoms with E-state index in [2.05, 4.69) is 21.3 Å². The summed E-state index contributed by atoms with van der Waals surface area (Å²) in [4.78, 5) is 47.6. The fourth-order valence-electron chi connectivity index (χ4n) is 2.75. The lowest BCUT2D eigenvalue weighted by atomic mass is 9.98. The molecule has 1 aliphatic rings. The summed E-state index contributed by atoms with van der Waals surface area (Å²) in [6.07, 6.45) is 0.866. The van der Waals surface area contributed by atoms with E-state index in [1.165, 1.54) is 6.92 Å². The molecule has 154 valence electrons. The van der Waals surface area contributed by atoms with Crippen LogP contribution in [-0.2, 0) is 19.2 Å². The van der Waals surface area contributed by atoms with Crippen molar-refractivity contribution in [1.29, 1.82) is 0 Å². The van der Waals surface area contributed by atoms with E-state index in [-0.39, 0.29) is 24.4 Å². The first-order chi connectivity index (χ1) is 12.7. The molecule has 10 nitrogen and oxygen atoms in total. The van der Waals surface area contributed by atoms with Crippen LogP contribution in [0.4, 0.5) is 0 Å². The minimum Gasteiger partial charge on any atom is -0.480 e. The van der Waals surface area contributed by atoms with Gasteiger partial charge >= 0.3 is 5.97 Å². The molecule has 0 bridgehead atoms. The Bertz CT molecular complexity index is 548. The zero-order valence-electron chi connectivity index (χ0n) is 15.9. The molecule has 0 aromatic rings. The van der Waals surface area contributed by atoms with Crippen LogP contribution in [0.2, 0.25) is 0 Å². The van der Waals surface area contributed by atoms with Crippen LogP contribution in [0, 0.1) is 5.92 Å². The van der Waals surface area contributed by atoms with E-state index in [1.807, 2.05) is 0 Å². The van der Waals surface area contributed by atoms with Crippen molar-refractivity contribution in [1.82, 2.24) is 21.3 Å². The maximum atomic E-state index is 12.4. The van der Waals surface area contributed by atoms with Crippen molar-refractivity contribution >= 4 is 23.7 Å². The number of amides is 3. The van der Waals surface area contributed by atoms with E-state index >= 15 is 0 Å². The molecule has 5 unspecified atom stereocenters. The Hall–Kier alpha value is -2.20. The van der Waals surface area contributed by atoms with Crippen LogP contribution >= 0.6 is 0 Å². The molecule has 3 amide bonds. The molecule has 0 saturated carbocycles. The smallest absolute Gasteiger partial charge is 0.326 e. The first-order valence-electron chi connectivity index (χ1n) is 9.19. The molecule has 0 aromatic carbocycles. The van der Waals surface area contributed by atoms with Crippen molar-refractivity contribution in [2.45, 2.75) is 64.3 Å². The van der Waals surface area contributed by atoms with Crippen LogP contribution in [0.25, 0.3) is 0 Å². The van der Waals surface area contributed by atoms with Gasteiger partial charge in [0, 0.05) is 0 Å². The zero-order chi connectivity index (χ0) is 20.6. The highest BCUT2D eigenvalue weighted by Gasteiger charge is 2.32. The zero-order valence-corrected chi connectivity index (χ0v) is 15.9. The summed E-state index contributed by atoms with van der Waals surface area (Å²) in [5, 5.41) is 29.2. The number of hydrogen-bond donors (Lipinski definition) is 6. The van der Waals surface area contributed by atoms with Crippen molar-refractivity contribution in [3.63, 3.8) is 0 Å². The van der Waals surface area contributed by atoms with Crippen molar-refractivity contribution in [3.05, 3.63) is 0 Å². The highest BCUT2D eigenvalue weighted by Crippen LogP contribution is 2.09. The summed E-state index contributed by atoms with van der Waals surface area (Å²) in [7, 11) is 0. The molecule has 6 N–H and O–H groups in total. The topological polar surface area (TPSA) is 157 Å². The second-order valence-corrected chi connectivity index (χ2v) is 6.86. The fourth-order valence-corrected chi connectivity index (χ4v) is 2.75. The molecular weight excluding hydrogens is 356 g/mol. The van der Waals surface area contributed by atoms with Crippen LogP contribution in [-0.4, -0.2) is 71.2 Å². The highest BCUT2D eigenvalue weighted by molar-refractivity contribution is 5.92. The average Bonchev–Trinajstić information content (AvgIpc) is 3.15. The largest absolute Gasteiger partial charge is 0.480 e. The van der Waals surface area contributed by atoms with E-state index in [1.54, 1.807) is 13.8 Å². The molecule has 10 heteroatoms. The molecule has 27 heavy (non-hydrogen) atoms. The van der Waals surface area contributed by atoms with E-state index in [4.69, 9.17) is 0 Å². The Balaban J connectivity index is 2.60. The first kappa shape index (κ1) is 22.8. The number of aliphatic carboxylic acids is 1. The average molecular weight is 386 g/mol. The third kappa shape index (κ3) is 7.14. The number of carbonyl (C=O) groups is 4. The van der Waals surface area contributed by atoms with Gasteiger partial charge in [-0.1, -0.05) is 20.3 Å². The molecule has 1 fully saturated rings. The molecule has 0 spiro atoms. The molecule has 0 aromatic heterocycles. The minimum atomic E-state index is -1.33. The van der Waals surface area contributed by atoms with Gasteiger partial charge in [-0.15, -0.1) is 0 Å². The van der Waals surface area contributed by atoms with Crippen LogP contribution < -0.4 is 21.3 Å². The van der Waals surface area contributed by atoms with Gasteiger partial charge < -0.3 is 31.5 Å². The molecule has 0 radical (unpaired) electrons. The number of carboxylic acid groups (broad SMARTS) is 1. The summed E-state index contributed by atoms with van der Waals surface area (Å²) in [6.45, 7) is 5.19. The Labute approximate surface area is 158 Å². The molecule has 1 heterocycles. The highest BCUT2D eigenvalue weighted by atomic mass is 16.4. The van der Waals surface area contributed by atoms with Crippen molar-refractivity contribution < 1.29 is 29.4 Å². The predicted molar refractivity (Wildman–Crippen MR) is 96.7 cm³/mol. The summed E-state index contributed by atoms with van der Waals surface area (Å²) >= 11 is 0. The normalized spacial score (nSPS) is 20.8. The lowest BCUT2D eigenvalue weighted by Gasteiger charge is -2.25. The van der Waals surface area contributed by atoms with Crippen molar-refractivity contribution in [2.24, 2.45) is 5.92 Å². The first-order valence-corrected chi connectivity index (χ1v) is 9.19. The summed E-state index contributed by atoms with van der Waals surface area (Å²) in [5.74, 6) is -3.27. The van der Waals surface area contributed by atoms with Crippen LogP contribution in [0.15, 0.2) is 0 Å². The van der Waals surface area contributed by atoms with Gasteiger partial charge in [0.2, 0.25) is 17.7 Å². The van der Waals surface area contributed by atoms with Crippen molar-refractivity contribution in [3.8, 4) is 0 Å². The fraction of sp³-hybridized carbons (Fsp3) is 0.765. The van der Waals surface area contributed by atoms with E-state index in [9.17, 15) is 29.4 Å². The maximum Gasteiger partial charge on any atom is 0.326 e. The Kier molecular flexibility index (Phi) is 9.16. The quantitative estimate of drug-likeness (QED) is 0.262. The molecule has 1 aliphatic heterocycles. The third-order valence-corrected chi connectivity index (χ3v) is 4.66. The molecule has 0 aliphatic carbocycles. The van der Waals surface area contributed by atoms with Gasteiger partial charge in [0.15, 0.2) is 0 Å². The lowest BCUT2D eigenvalue weighted by molar-refractivity contribution is -0.144. The molecule has 1 rings (SSSR count). The summed E-state index contributed by atoms with van der Waals surface area (Å²) in [5.41, 5.74) is 0. The van der Waals surface area contributed by atoms with Crippen LogP contribution in [0.5, 0.6) is 0 Å². The second kappa shape index (κ2) is 10.8. The summed E-state index contributed by atoms with van der Waals surface area (Å²) < 4.78 is 0. The molecular formula is C17H30N4O6. The Morgan fingerprint density at radius 3 is 2.30 bits per heavy atom. The van der Waals surface area contributed by atoms with E-state index in [0.717, 1.165) is 13.0 Å². The number of hydrogen-bond acceptors (Lipinski definition) is 6. The number of carboxylic acids is 1. The molecule has 1 saturated heterocycles. The van der Waals surface area contributed by atoms with Gasteiger partial charge in [-0.05, 0) is 32.2 Å². The second-order valence-electron chi connectivity index (χ2n) is 6.86. The maximum absolute atomic E-state index is 12.4. The minimum absolute atomic E-state index is 0.302. The molecule has 5 atom stereocenters. The van der Waals surface area contributed by atoms with Gasteiger partial charge in [-0.25, -0.2) is 4.79 Å². The van der Waals surface area contributed by atoms with E-state index in [0.29, 0.717) is 12.8 Å². The van der Waals surface area contributed by atoms with E-state index < -0.39 is 36.0 Å². The van der Waals surface area contributed by atoms with Crippen LogP contribution in [0.3, 0.4) is 0 Å². The summed E-state index contributed by atoms with van der Waals surface area (Å²) in [6, 6.07) is -2.79. The van der Waals surface area contributed by atoms with Crippen molar-refractivity contribution in [2.75, 3.05) is 13.1 Å². The van der Waals surface area contributed by atoms with Gasteiger partial charge in [0.05, 0.1) is 18.7 Å². The monoisotopic (exact) mass is 386 g/mol. The van der Waals surface area contributed by atoms with Gasteiger partial charge in [-0.2, -0.15) is 0 Å². The Morgan fingerprint density at radius 1 is 1.15 bits per heavy atom. The predicted octanol–water partition coefficient (Wildman–Crippen LogP) is -1.66. The van der Waals surface area contributed by atoms with Gasteiger partial charge in [0.1, 0.15) is 12.1 Å². The number of rotatable bonds is 10. The number of aliphatic hydroxyl groups excluding tert-OH is 1. The SMILES string of the molecule is CCC(C)C(NC(=O)C(NC(=O)CNC(=O)C1CCCN1)C(C)O)C(=O)O. The number of carbonyl (C=O) groups excluding carboxylic acids is 3. The number of nitrogens with one attached hydrogen (secondary N) is 4. The standard InChI is InChI=1S/C17H30N4O6/c1-4-9(2)13(17(26)27)21-16(25)14(10(3)22)20-12(23)8-19-15(24)11-6-5-7-18-11/h9-11,13-14,18,22H,4-8H2,1-3H3,(H,19,24)(H,20,23)(H,21,25)(H,26,27). The Morgan fingerprint density at radius 2 is 1.81 bits per heavy atom. The number of aliphatic hydroxyl groups is 1. The lowest BCUT2D eigenvalue weighted by Crippen LogP contribution is -2.58.